The Morgan fingerprint density at radius 3 is 2.85 bits per heavy atom. The van der Waals surface area contributed by atoms with E-state index >= 15 is 0 Å². The van der Waals surface area contributed by atoms with E-state index in [1.165, 1.54) is 4.70 Å². The third-order valence-electron chi connectivity index (χ3n) is 4.68. The average Bonchev–Trinajstić information content (AvgIpc) is 3.28. The maximum atomic E-state index is 12.5. The molecule has 0 bridgehead atoms. The number of carbonyl (C=O) groups is 1. The molecule has 3 aromatic rings. The molecule has 6 heteroatoms. The summed E-state index contributed by atoms with van der Waals surface area (Å²) in [7, 11) is 1.63. The summed E-state index contributed by atoms with van der Waals surface area (Å²) in [5, 5.41) is 4.08. The maximum absolute atomic E-state index is 12.5. The Kier molecular flexibility index (Phi) is 4.86. The zero-order valence-corrected chi connectivity index (χ0v) is 15.5. The van der Waals surface area contributed by atoms with E-state index in [0.29, 0.717) is 6.54 Å². The topological polar surface area (TPSA) is 54.5 Å². The molecular formula is C20H21N3O2S. The van der Waals surface area contributed by atoms with Crippen molar-refractivity contribution >= 4 is 33.1 Å². The minimum absolute atomic E-state index is 0.00294. The molecule has 26 heavy (non-hydrogen) atoms. The molecule has 0 saturated carbocycles. The summed E-state index contributed by atoms with van der Waals surface area (Å²) in [6.45, 7) is 1.31. The average molecular weight is 367 g/mol. The minimum atomic E-state index is 0.00294. The number of nitrogens with zero attached hydrogens (tertiary/aromatic N) is 2. The monoisotopic (exact) mass is 367 g/mol. The van der Waals surface area contributed by atoms with Crippen LogP contribution in [0.25, 0.3) is 10.2 Å². The maximum Gasteiger partial charge on any atom is 0.238 e. The molecule has 5 nitrogen and oxygen atoms in total. The van der Waals surface area contributed by atoms with Crippen LogP contribution >= 0.6 is 11.3 Å². The molecule has 1 saturated heterocycles. The number of hydrogen-bond acceptors (Lipinski definition) is 5. The Balaban J connectivity index is 1.43. The van der Waals surface area contributed by atoms with Gasteiger partial charge in [-0.2, -0.15) is 0 Å². The van der Waals surface area contributed by atoms with E-state index in [2.05, 4.69) is 16.3 Å². The molecule has 4 rings (SSSR count). The first-order valence-electron chi connectivity index (χ1n) is 8.76. The van der Waals surface area contributed by atoms with Crippen molar-refractivity contribution in [3.63, 3.8) is 0 Å². The fourth-order valence-corrected chi connectivity index (χ4v) is 4.52. The Labute approximate surface area is 156 Å². The predicted molar refractivity (Wildman–Crippen MR) is 105 cm³/mol. The number of rotatable bonds is 5. The highest BCUT2D eigenvalue weighted by atomic mass is 32.1. The first-order chi connectivity index (χ1) is 12.7. The van der Waals surface area contributed by atoms with Crippen LogP contribution in [0.2, 0.25) is 0 Å². The molecule has 1 atom stereocenters. The number of para-hydroxylation sites is 1. The van der Waals surface area contributed by atoms with Gasteiger partial charge in [0.25, 0.3) is 0 Å². The number of anilines is 1. The van der Waals surface area contributed by atoms with Crippen molar-refractivity contribution in [2.45, 2.75) is 18.9 Å². The van der Waals surface area contributed by atoms with Crippen molar-refractivity contribution in [2.75, 3.05) is 25.5 Å². The van der Waals surface area contributed by atoms with E-state index in [-0.39, 0.29) is 11.9 Å². The highest BCUT2D eigenvalue weighted by molar-refractivity contribution is 7.18. The molecule has 1 aliphatic rings. The van der Waals surface area contributed by atoms with Gasteiger partial charge in [-0.3, -0.25) is 9.69 Å². The van der Waals surface area contributed by atoms with Crippen LogP contribution in [0.15, 0.2) is 48.5 Å². The summed E-state index contributed by atoms with van der Waals surface area (Å²) >= 11 is 1.74. The summed E-state index contributed by atoms with van der Waals surface area (Å²) in [6, 6.07) is 15.8. The fourth-order valence-electron chi connectivity index (χ4n) is 3.39. The molecule has 2 aromatic carbocycles. The van der Waals surface area contributed by atoms with Crippen molar-refractivity contribution in [1.82, 2.24) is 9.88 Å². The van der Waals surface area contributed by atoms with Crippen LogP contribution in [0.3, 0.4) is 0 Å². The third-order valence-corrected chi connectivity index (χ3v) is 5.82. The quantitative estimate of drug-likeness (QED) is 0.738. The van der Waals surface area contributed by atoms with Crippen LogP contribution in [-0.2, 0) is 4.79 Å². The van der Waals surface area contributed by atoms with Crippen molar-refractivity contribution in [3.05, 3.63) is 53.5 Å². The van der Waals surface area contributed by atoms with Gasteiger partial charge in [-0.25, -0.2) is 4.98 Å². The lowest BCUT2D eigenvalue weighted by Gasteiger charge is -2.22. The number of thiazole rings is 1. The molecule has 0 unspecified atom stereocenters. The van der Waals surface area contributed by atoms with E-state index in [9.17, 15) is 4.79 Å². The standard InChI is InChI=1S/C20H21N3O2S/c1-25-15-10-8-14(9-11-15)21-19(24)13-23-12-4-6-17(23)20-22-16-5-2-3-7-18(16)26-20/h2-3,5,7-11,17H,4,6,12-13H2,1H3,(H,21,24)/t17-/m0/s1. The smallest absolute Gasteiger partial charge is 0.238 e. The molecule has 2 heterocycles. The van der Waals surface area contributed by atoms with Crippen molar-refractivity contribution in [1.29, 1.82) is 0 Å². The predicted octanol–water partition coefficient (Wildman–Crippen LogP) is 4.08. The Hall–Kier alpha value is -2.44. The van der Waals surface area contributed by atoms with Gasteiger partial charge in [0.15, 0.2) is 0 Å². The number of fused-ring (bicyclic) bond motifs is 1. The Bertz CT molecular complexity index is 874. The number of amides is 1. The van der Waals surface area contributed by atoms with Crippen molar-refractivity contribution in [2.24, 2.45) is 0 Å². The van der Waals surface area contributed by atoms with E-state index in [1.54, 1.807) is 18.4 Å². The number of hydrogen-bond donors (Lipinski definition) is 1. The molecule has 1 N–H and O–H groups in total. The lowest BCUT2D eigenvalue weighted by atomic mass is 10.2. The van der Waals surface area contributed by atoms with Crippen LogP contribution in [0.1, 0.15) is 23.9 Å². The second kappa shape index (κ2) is 7.43. The molecule has 0 radical (unpaired) electrons. The first kappa shape index (κ1) is 17.0. The van der Waals surface area contributed by atoms with Crippen LogP contribution in [0.4, 0.5) is 5.69 Å². The summed E-state index contributed by atoms with van der Waals surface area (Å²) in [6.07, 6.45) is 2.14. The van der Waals surface area contributed by atoms with Gasteiger partial charge >= 0.3 is 0 Å². The van der Waals surface area contributed by atoms with Gasteiger partial charge in [0.2, 0.25) is 5.91 Å². The van der Waals surface area contributed by atoms with Crippen LogP contribution in [0.5, 0.6) is 5.75 Å². The highest BCUT2D eigenvalue weighted by Gasteiger charge is 2.30. The molecule has 1 amide bonds. The van der Waals surface area contributed by atoms with E-state index in [1.807, 2.05) is 42.5 Å². The van der Waals surface area contributed by atoms with Crippen molar-refractivity contribution in [3.8, 4) is 5.75 Å². The number of carbonyl (C=O) groups excluding carboxylic acids is 1. The second-order valence-electron chi connectivity index (χ2n) is 6.43. The van der Waals surface area contributed by atoms with Crippen LogP contribution in [0, 0.1) is 0 Å². The molecule has 1 aliphatic heterocycles. The molecule has 1 fully saturated rings. The van der Waals surface area contributed by atoms with Crippen LogP contribution < -0.4 is 10.1 Å². The summed E-state index contributed by atoms with van der Waals surface area (Å²) in [5.41, 5.74) is 1.83. The zero-order valence-electron chi connectivity index (χ0n) is 14.6. The third kappa shape index (κ3) is 3.57. The molecular weight excluding hydrogens is 346 g/mol. The molecule has 134 valence electrons. The largest absolute Gasteiger partial charge is 0.497 e. The van der Waals surface area contributed by atoms with Gasteiger partial charge in [-0.15, -0.1) is 11.3 Å². The normalized spacial score (nSPS) is 17.5. The Morgan fingerprint density at radius 2 is 2.08 bits per heavy atom. The van der Waals surface area contributed by atoms with E-state index < -0.39 is 0 Å². The number of likely N-dealkylation sites (tertiary alicyclic amines) is 1. The SMILES string of the molecule is COc1ccc(NC(=O)CN2CCC[C@H]2c2nc3ccccc3s2)cc1. The minimum Gasteiger partial charge on any atom is -0.497 e. The number of ether oxygens (including phenoxy) is 1. The first-order valence-corrected chi connectivity index (χ1v) is 9.58. The van der Waals surface area contributed by atoms with Crippen LogP contribution in [-0.4, -0.2) is 36.0 Å². The van der Waals surface area contributed by atoms with Crippen molar-refractivity contribution < 1.29 is 9.53 Å². The highest BCUT2D eigenvalue weighted by Crippen LogP contribution is 2.36. The van der Waals surface area contributed by atoms with Gasteiger partial charge < -0.3 is 10.1 Å². The lowest BCUT2D eigenvalue weighted by molar-refractivity contribution is -0.117. The molecule has 0 aliphatic carbocycles. The molecule has 1 aromatic heterocycles. The van der Waals surface area contributed by atoms with Gasteiger partial charge in [0.05, 0.1) is 29.9 Å². The molecule has 0 spiro atoms. The number of aromatic nitrogens is 1. The van der Waals surface area contributed by atoms with Gasteiger partial charge in [-0.1, -0.05) is 12.1 Å². The second-order valence-corrected chi connectivity index (χ2v) is 7.49. The summed E-state index contributed by atoms with van der Waals surface area (Å²) in [5.74, 6) is 0.779. The van der Waals surface area contributed by atoms with Gasteiger partial charge in [0.1, 0.15) is 10.8 Å². The van der Waals surface area contributed by atoms with Gasteiger partial charge in [-0.05, 0) is 55.8 Å². The number of nitrogens with one attached hydrogen (secondary N) is 1. The fraction of sp³-hybridized carbons (Fsp3) is 0.300. The number of benzene rings is 2. The van der Waals surface area contributed by atoms with E-state index in [4.69, 9.17) is 9.72 Å². The van der Waals surface area contributed by atoms with E-state index in [0.717, 1.165) is 41.3 Å². The Morgan fingerprint density at radius 1 is 1.27 bits per heavy atom. The zero-order chi connectivity index (χ0) is 17.9. The lowest BCUT2D eigenvalue weighted by Crippen LogP contribution is -2.32. The summed E-state index contributed by atoms with van der Waals surface area (Å²) in [4.78, 5) is 19.5. The van der Waals surface area contributed by atoms with Gasteiger partial charge in [0, 0.05) is 5.69 Å². The summed E-state index contributed by atoms with van der Waals surface area (Å²) < 4.78 is 6.35. The number of methoxy groups -OCH3 is 1.